The van der Waals surface area contributed by atoms with Gasteiger partial charge in [0.2, 0.25) is 12.8 Å². The third-order valence-corrected chi connectivity index (χ3v) is 7.43. The Morgan fingerprint density at radius 3 is 2.64 bits per heavy atom. The second-order valence-electron chi connectivity index (χ2n) is 9.82. The zero-order valence-corrected chi connectivity index (χ0v) is 20.9. The summed E-state index contributed by atoms with van der Waals surface area (Å²) in [6.07, 6.45) is 4.52. The molecule has 4 unspecified atom stereocenters. The Bertz CT molecular complexity index is 1600. The summed E-state index contributed by atoms with van der Waals surface area (Å²) in [5.74, 6) is -1.30. The van der Waals surface area contributed by atoms with E-state index >= 15 is 4.39 Å². The number of carbonyl (C=O) groups is 2. The van der Waals surface area contributed by atoms with Crippen LogP contribution in [0.2, 0.25) is 0 Å². The molecule has 2 amide bonds. The lowest BCUT2D eigenvalue weighted by Crippen LogP contribution is -2.43. The molecule has 14 heteroatoms. The van der Waals surface area contributed by atoms with Gasteiger partial charge in [-0.2, -0.15) is 9.97 Å². The number of hydrogen-bond acceptors (Lipinski definition) is 9. The number of aromatic amines is 1. The van der Waals surface area contributed by atoms with Gasteiger partial charge in [-0.3, -0.25) is 9.59 Å². The number of nitrogens with one attached hydrogen (secondary N) is 2. The standard InChI is InChI=1S/C25H24F2N8O4/c1-11(38)22-28-6-14(7-29-22)39-25-32-23-19(18-20(27)15(26)5-17(21(18)31-23)34(2)10-37)24(33-25)35-8-12-3-13(35)4-16(12)30-9-36/h5-7,9-13,16,38H,3-4,8H2,1-2H3,(H,30,36)(H,31,32,33). The fourth-order valence-corrected chi connectivity index (χ4v) is 5.63. The highest BCUT2D eigenvalue weighted by atomic mass is 19.2. The highest BCUT2D eigenvalue weighted by molar-refractivity contribution is 6.16. The maximum atomic E-state index is 15.4. The Morgan fingerprint density at radius 2 is 2.00 bits per heavy atom. The first-order valence-corrected chi connectivity index (χ1v) is 12.3. The zero-order valence-electron chi connectivity index (χ0n) is 20.9. The van der Waals surface area contributed by atoms with Crippen molar-refractivity contribution in [3.8, 4) is 11.8 Å². The van der Waals surface area contributed by atoms with Crippen LogP contribution in [0.1, 0.15) is 31.7 Å². The summed E-state index contributed by atoms with van der Waals surface area (Å²) < 4.78 is 36.0. The van der Waals surface area contributed by atoms with Gasteiger partial charge in [0.1, 0.15) is 17.6 Å². The van der Waals surface area contributed by atoms with Crippen molar-refractivity contribution < 1.29 is 28.2 Å². The van der Waals surface area contributed by atoms with Crippen LogP contribution in [0.3, 0.4) is 0 Å². The van der Waals surface area contributed by atoms with Gasteiger partial charge < -0.3 is 29.9 Å². The predicted octanol–water partition coefficient (Wildman–Crippen LogP) is 2.33. The van der Waals surface area contributed by atoms with Crippen LogP contribution in [0.5, 0.6) is 11.8 Å². The number of rotatable bonds is 8. The lowest BCUT2D eigenvalue weighted by molar-refractivity contribution is -0.110. The number of halogens is 2. The fourth-order valence-electron chi connectivity index (χ4n) is 5.63. The van der Waals surface area contributed by atoms with Gasteiger partial charge in [-0.25, -0.2) is 18.7 Å². The topological polar surface area (TPSA) is 149 Å². The third kappa shape index (κ3) is 4.07. The quantitative estimate of drug-likeness (QED) is 0.287. The number of aromatic nitrogens is 5. The summed E-state index contributed by atoms with van der Waals surface area (Å²) in [6.45, 7) is 2.06. The first kappa shape index (κ1) is 24.9. The summed E-state index contributed by atoms with van der Waals surface area (Å²) in [6, 6.07) is 0.867. The van der Waals surface area contributed by atoms with Crippen LogP contribution in [0.15, 0.2) is 18.5 Å². The number of piperidine rings is 1. The molecule has 12 nitrogen and oxygen atoms in total. The first-order chi connectivity index (χ1) is 18.8. The fraction of sp³-hybridized carbons (Fsp3) is 0.360. The van der Waals surface area contributed by atoms with Crippen molar-refractivity contribution in [1.82, 2.24) is 30.2 Å². The van der Waals surface area contributed by atoms with Gasteiger partial charge in [-0.05, 0) is 25.7 Å². The van der Waals surface area contributed by atoms with E-state index in [0.29, 0.717) is 31.6 Å². The lowest BCUT2D eigenvalue weighted by atomic mass is 10.0. The normalized spacial score (nSPS) is 20.9. The summed E-state index contributed by atoms with van der Waals surface area (Å²) >= 11 is 0. The van der Waals surface area contributed by atoms with E-state index in [-0.39, 0.29) is 63.2 Å². The summed E-state index contributed by atoms with van der Waals surface area (Å²) in [4.78, 5) is 45.9. The molecule has 2 fully saturated rings. The largest absolute Gasteiger partial charge is 0.421 e. The molecular formula is C25H24F2N8O4. The van der Waals surface area contributed by atoms with E-state index in [1.165, 1.54) is 26.4 Å². The number of amides is 2. The van der Waals surface area contributed by atoms with E-state index in [4.69, 9.17) is 4.74 Å². The smallest absolute Gasteiger partial charge is 0.326 e. The molecule has 39 heavy (non-hydrogen) atoms. The van der Waals surface area contributed by atoms with E-state index in [9.17, 15) is 19.1 Å². The Morgan fingerprint density at radius 1 is 1.23 bits per heavy atom. The van der Waals surface area contributed by atoms with Crippen LogP contribution in [0, 0.1) is 17.6 Å². The van der Waals surface area contributed by atoms with Gasteiger partial charge >= 0.3 is 6.01 Å². The molecule has 202 valence electrons. The van der Waals surface area contributed by atoms with Crippen LogP contribution in [0.4, 0.5) is 20.3 Å². The Labute approximate surface area is 220 Å². The molecular weight excluding hydrogens is 514 g/mol. The van der Waals surface area contributed by atoms with E-state index in [1.807, 2.05) is 4.90 Å². The molecule has 1 aliphatic heterocycles. The molecule has 1 aliphatic carbocycles. The SMILES string of the molecule is CC(O)c1ncc(Oc2nc(N3CC4CC3CC4NC=O)c3c(n2)[nH]c2c(N(C)C=O)cc(F)c(F)c23)cn1. The molecule has 3 N–H and O–H groups in total. The van der Waals surface area contributed by atoms with Crippen LogP contribution in [-0.4, -0.2) is 68.5 Å². The van der Waals surface area contributed by atoms with E-state index in [2.05, 4.69) is 30.2 Å². The Hall–Kier alpha value is -4.46. The highest BCUT2D eigenvalue weighted by Gasteiger charge is 2.46. The van der Waals surface area contributed by atoms with Gasteiger partial charge in [0, 0.05) is 31.7 Å². The van der Waals surface area contributed by atoms with Crippen molar-refractivity contribution in [2.45, 2.75) is 38.0 Å². The van der Waals surface area contributed by atoms with Crippen LogP contribution in [0.25, 0.3) is 21.9 Å². The molecule has 2 bridgehead atoms. The number of carbonyl (C=O) groups excluding carboxylic acids is 2. The second kappa shape index (κ2) is 9.38. The van der Waals surface area contributed by atoms with Gasteiger partial charge in [0.25, 0.3) is 0 Å². The zero-order chi connectivity index (χ0) is 27.4. The molecule has 2 aliphatic rings. The molecule has 0 spiro atoms. The molecule has 1 saturated carbocycles. The van der Waals surface area contributed by atoms with Gasteiger partial charge in [0.15, 0.2) is 23.2 Å². The van der Waals surface area contributed by atoms with Crippen LogP contribution >= 0.6 is 0 Å². The minimum atomic E-state index is -1.12. The molecule has 4 heterocycles. The number of anilines is 2. The number of fused-ring (bicyclic) bond motifs is 5. The number of benzene rings is 1. The van der Waals surface area contributed by atoms with Crippen LogP contribution < -0.4 is 19.9 Å². The molecule has 1 aromatic carbocycles. The summed E-state index contributed by atoms with van der Waals surface area (Å²) in [5, 5.41) is 12.7. The van der Waals surface area contributed by atoms with Gasteiger partial charge in [-0.15, -0.1) is 0 Å². The van der Waals surface area contributed by atoms with Gasteiger partial charge in [-0.1, -0.05) is 0 Å². The monoisotopic (exact) mass is 538 g/mol. The number of hydrogen-bond donors (Lipinski definition) is 3. The first-order valence-electron chi connectivity index (χ1n) is 12.3. The average Bonchev–Trinajstić information content (AvgIpc) is 3.63. The summed E-state index contributed by atoms with van der Waals surface area (Å²) in [5.41, 5.74) is 0.494. The average molecular weight is 539 g/mol. The molecule has 4 aromatic rings. The second-order valence-corrected chi connectivity index (χ2v) is 9.82. The maximum absolute atomic E-state index is 15.4. The minimum absolute atomic E-state index is 0.00857. The third-order valence-electron chi connectivity index (χ3n) is 7.43. The van der Waals surface area contributed by atoms with Gasteiger partial charge in [0.05, 0.1) is 34.4 Å². The van der Waals surface area contributed by atoms with Crippen molar-refractivity contribution in [3.63, 3.8) is 0 Å². The van der Waals surface area contributed by atoms with Crippen LogP contribution in [-0.2, 0) is 9.59 Å². The number of aliphatic hydroxyl groups is 1. The maximum Gasteiger partial charge on any atom is 0.326 e. The molecule has 4 atom stereocenters. The van der Waals surface area contributed by atoms with Crippen molar-refractivity contribution in [1.29, 1.82) is 0 Å². The number of aliphatic hydroxyl groups excluding tert-OH is 1. The Balaban J connectivity index is 1.52. The minimum Gasteiger partial charge on any atom is -0.421 e. The molecule has 0 radical (unpaired) electrons. The van der Waals surface area contributed by atoms with Crippen molar-refractivity contribution in [2.75, 3.05) is 23.4 Å². The Kier molecular flexibility index (Phi) is 5.98. The lowest BCUT2D eigenvalue weighted by Gasteiger charge is -2.32. The number of nitrogens with zero attached hydrogens (tertiary/aromatic N) is 6. The number of ether oxygens (including phenoxy) is 1. The van der Waals surface area contributed by atoms with E-state index in [0.717, 1.165) is 17.4 Å². The molecule has 1 saturated heterocycles. The van der Waals surface area contributed by atoms with E-state index in [1.54, 1.807) is 0 Å². The predicted molar refractivity (Wildman–Crippen MR) is 135 cm³/mol. The van der Waals surface area contributed by atoms with Crippen molar-refractivity contribution >= 4 is 46.3 Å². The van der Waals surface area contributed by atoms with E-state index < -0.39 is 17.7 Å². The number of H-pyrrole nitrogens is 1. The van der Waals surface area contributed by atoms with Crippen molar-refractivity contribution in [2.24, 2.45) is 5.92 Å². The van der Waals surface area contributed by atoms with Crippen molar-refractivity contribution in [3.05, 3.63) is 35.9 Å². The summed E-state index contributed by atoms with van der Waals surface area (Å²) in [7, 11) is 1.43. The highest BCUT2D eigenvalue weighted by Crippen LogP contribution is 2.45. The molecule has 6 rings (SSSR count). The molecule has 3 aromatic heterocycles.